The van der Waals surface area contributed by atoms with Crippen LogP contribution in [0, 0.1) is 11.3 Å². The van der Waals surface area contributed by atoms with Crippen molar-refractivity contribution >= 4 is 10.9 Å². The van der Waals surface area contributed by atoms with Crippen LogP contribution in [0.5, 0.6) is 5.75 Å². The molecule has 0 spiro atoms. The summed E-state index contributed by atoms with van der Waals surface area (Å²) in [4.78, 5) is 2.48. The van der Waals surface area contributed by atoms with Gasteiger partial charge in [0.05, 0.1) is 25.0 Å². The van der Waals surface area contributed by atoms with Crippen LogP contribution in [0.2, 0.25) is 0 Å². The van der Waals surface area contributed by atoms with Crippen LogP contribution >= 0.6 is 0 Å². The Hall–Kier alpha value is -2.10. The van der Waals surface area contributed by atoms with Crippen LogP contribution in [0.25, 0.3) is 10.9 Å². The maximum atomic E-state index is 9.29. The molecule has 6 nitrogen and oxygen atoms in total. The summed E-state index contributed by atoms with van der Waals surface area (Å²) in [6.45, 7) is 3.68. The molecule has 0 unspecified atom stereocenters. The first kappa shape index (κ1) is 13.6. The molecule has 22 heavy (non-hydrogen) atoms. The molecule has 2 heterocycles. The minimum atomic E-state index is 0.175. The maximum absolute atomic E-state index is 9.29. The predicted octanol–water partition coefficient (Wildman–Crippen LogP) is 1.68. The SMILES string of the molecule is N#Cc1ccc2cn[nH]c2c1OC1CC(N2CCOCC2)C1. The first-order valence-electron chi connectivity index (χ1n) is 7.70. The smallest absolute Gasteiger partial charge is 0.163 e. The van der Waals surface area contributed by atoms with Crippen LogP contribution in [-0.4, -0.2) is 53.5 Å². The first-order chi connectivity index (χ1) is 10.8. The fourth-order valence-electron chi connectivity index (χ4n) is 3.24. The van der Waals surface area contributed by atoms with Crippen LogP contribution in [0.4, 0.5) is 0 Å². The largest absolute Gasteiger partial charge is 0.487 e. The topological polar surface area (TPSA) is 74.2 Å². The van der Waals surface area contributed by atoms with Gasteiger partial charge in [0.15, 0.2) is 5.75 Å². The third-order valence-corrected chi connectivity index (χ3v) is 4.61. The van der Waals surface area contributed by atoms with E-state index in [-0.39, 0.29) is 6.10 Å². The highest BCUT2D eigenvalue weighted by atomic mass is 16.5. The summed E-state index contributed by atoms with van der Waals surface area (Å²) in [5.41, 5.74) is 1.38. The van der Waals surface area contributed by atoms with Gasteiger partial charge in [0.2, 0.25) is 0 Å². The summed E-state index contributed by atoms with van der Waals surface area (Å²) in [6, 6.07) is 6.48. The Morgan fingerprint density at radius 2 is 2.14 bits per heavy atom. The zero-order valence-corrected chi connectivity index (χ0v) is 12.3. The number of hydrogen-bond acceptors (Lipinski definition) is 5. The highest BCUT2D eigenvalue weighted by Gasteiger charge is 2.36. The fourth-order valence-corrected chi connectivity index (χ4v) is 3.24. The van der Waals surface area contributed by atoms with Crippen molar-refractivity contribution in [1.82, 2.24) is 15.1 Å². The number of benzene rings is 1. The second-order valence-electron chi connectivity index (χ2n) is 5.90. The summed E-state index contributed by atoms with van der Waals surface area (Å²) in [6.07, 6.45) is 3.94. The van der Waals surface area contributed by atoms with Crippen LogP contribution in [0.3, 0.4) is 0 Å². The Bertz CT molecular complexity index is 708. The summed E-state index contributed by atoms with van der Waals surface area (Å²) >= 11 is 0. The number of H-pyrrole nitrogens is 1. The number of ether oxygens (including phenoxy) is 2. The van der Waals surface area contributed by atoms with Crippen molar-refractivity contribution in [3.63, 3.8) is 0 Å². The van der Waals surface area contributed by atoms with Gasteiger partial charge in [-0.15, -0.1) is 0 Å². The molecule has 4 rings (SSSR count). The van der Waals surface area contributed by atoms with E-state index in [2.05, 4.69) is 21.2 Å². The minimum absolute atomic E-state index is 0.175. The van der Waals surface area contributed by atoms with Crippen molar-refractivity contribution in [3.05, 3.63) is 23.9 Å². The molecular formula is C16H18N4O2. The molecule has 1 saturated heterocycles. The molecule has 0 bridgehead atoms. The Labute approximate surface area is 128 Å². The lowest BCUT2D eigenvalue weighted by Crippen LogP contribution is -2.52. The van der Waals surface area contributed by atoms with Crippen LogP contribution in [0.15, 0.2) is 18.3 Å². The number of aromatic nitrogens is 2. The third-order valence-electron chi connectivity index (χ3n) is 4.61. The first-order valence-corrected chi connectivity index (χ1v) is 7.70. The summed E-state index contributed by atoms with van der Waals surface area (Å²) in [7, 11) is 0. The number of nitrogens with zero attached hydrogens (tertiary/aromatic N) is 3. The summed E-state index contributed by atoms with van der Waals surface area (Å²) in [5, 5.41) is 17.2. The van der Waals surface area contributed by atoms with Gasteiger partial charge >= 0.3 is 0 Å². The molecule has 0 atom stereocenters. The molecular weight excluding hydrogens is 280 g/mol. The van der Waals surface area contributed by atoms with Crippen molar-refractivity contribution < 1.29 is 9.47 Å². The predicted molar refractivity (Wildman–Crippen MR) is 80.6 cm³/mol. The molecule has 0 amide bonds. The number of fused-ring (bicyclic) bond motifs is 1. The van der Waals surface area contributed by atoms with E-state index < -0.39 is 0 Å². The van der Waals surface area contributed by atoms with Crippen molar-refractivity contribution in [3.8, 4) is 11.8 Å². The lowest BCUT2D eigenvalue weighted by molar-refractivity contribution is -0.0371. The molecule has 114 valence electrons. The van der Waals surface area contributed by atoms with Crippen molar-refractivity contribution in [2.24, 2.45) is 0 Å². The van der Waals surface area contributed by atoms with E-state index in [1.807, 2.05) is 6.07 Å². The van der Waals surface area contributed by atoms with Gasteiger partial charge in [0.25, 0.3) is 0 Å². The van der Waals surface area contributed by atoms with Gasteiger partial charge < -0.3 is 9.47 Å². The molecule has 1 aromatic carbocycles. The Balaban J connectivity index is 1.46. The van der Waals surface area contributed by atoms with E-state index in [1.54, 1.807) is 12.3 Å². The quantitative estimate of drug-likeness (QED) is 0.933. The molecule has 2 fully saturated rings. The lowest BCUT2D eigenvalue weighted by atomic mass is 9.87. The van der Waals surface area contributed by atoms with Crippen molar-refractivity contribution in [2.45, 2.75) is 25.0 Å². The van der Waals surface area contributed by atoms with E-state index in [0.717, 1.165) is 50.0 Å². The van der Waals surface area contributed by atoms with Crippen LogP contribution in [0.1, 0.15) is 18.4 Å². The Morgan fingerprint density at radius 3 is 2.91 bits per heavy atom. The summed E-state index contributed by atoms with van der Waals surface area (Å²) < 4.78 is 11.5. The number of aromatic amines is 1. The number of hydrogen-bond donors (Lipinski definition) is 1. The third kappa shape index (κ3) is 2.32. The van der Waals surface area contributed by atoms with Gasteiger partial charge in [-0.3, -0.25) is 10.00 Å². The van der Waals surface area contributed by atoms with Crippen molar-refractivity contribution in [2.75, 3.05) is 26.3 Å². The molecule has 2 aromatic rings. The highest BCUT2D eigenvalue weighted by Crippen LogP contribution is 2.34. The van der Waals surface area contributed by atoms with E-state index in [4.69, 9.17) is 9.47 Å². The molecule has 0 radical (unpaired) electrons. The molecule has 1 aliphatic heterocycles. The number of rotatable bonds is 3. The average Bonchev–Trinajstić information content (AvgIpc) is 3.00. The zero-order chi connectivity index (χ0) is 14.9. The number of nitriles is 1. The molecule has 1 aromatic heterocycles. The number of nitrogens with one attached hydrogen (secondary N) is 1. The fraction of sp³-hybridized carbons (Fsp3) is 0.500. The minimum Gasteiger partial charge on any atom is -0.487 e. The Kier molecular flexibility index (Phi) is 3.45. The second-order valence-corrected chi connectivity index (χ2v) is 5.90. The van der Waals surface area contributed by atoms with Gasteiger partial charge in [-0.05, 0) is 12.1 Å². The summed E-state index contributed by atoms with van der Waals surface area (Å²) in [5.74, 6) is 0.642. The second kappa shape index (κ2) is 5.59. The highest BCUT2D eigenvalue weighted by molar-refractivity contribution is 5.86. The molecule has 6 heteroatoms. The van der Waals surface area contributed by atoms with Crippen LogP contribution in [-0.2, 0) is 4.74 Å². The molecule has 1 N–H and O–H groups in total. The zero-order valence-electron chi connectivity index (χ0n) is 12.3. The normalized spacial score (nSPS) is 25.6. The van der Waals surface area contributed by atoms with E-state index >= 15 is 0 Å². The Morgan fingerprint density at radius 1 is 1.32 bits per heavy atom. The van der Waals surface area contributed by atoms with Gasteiger partial charge in [-0.1, -0.05) is 0 Å². The van der Waals surface area contributed by atoms with Gasteiger partial charge in [0, 0.05) is 37.4 Å². The van der Waals surface area contributed by atoms with E-state index in [0.29, 0.717) is 17.4 Å². The van der Waals surface area contributed by atoms with E-state index in [1.165, 1.54) is 0 Å². The molecule has 1 saturated carbocycles. The lowest BCUT2D eigenvalue weighted by Gasteiger charge is -2.44. The monoisotopic (exact) mass is 298 g/mol. The van der Waals surface area contributed by atoms with E-state index in [9.17, 15) is 5.26 Å². The van der Waals surface area contributed by atoms with Gasteiger partial charge in [-0.25, -0.2) is 0 Å². The van der Waals surface area contributed by atoms with Gasteiger partial charge in [0.1, 0.15) is 17.7 Å². The van der Waals surface area contributed by atoms with Gasteiger partial charge in [-0.2, -0.15) is 10.4 Å². The maximum Gasteiger partial charge on any atom is 0.163 e. The van der Waals surface area contributed by atoms with Crippen molar-refractivity contribution in [1.29, 1.82) is 5.26 Å². The molecule has 1 aliphatic carbocycles. The standard InChI is InChI=1S/C16H18N4O2/c17-9-11-1-2-12-10-18-19-15(12)16(11)22-14-7-13(8-14)20-3-5-21-6-4-20/h1-2,10,13-14H,3-8H2,(H,18,19). The van der Waals surface area contributed by atoms with Crippen LogP contribution < -0.4 is 4.74 Å². The number of morpholine rings is 1. The molecule has 2 aliphatic rings. The average molecular weight is 298 g/mol.